The summed E-state index contributed by atoms with van der Waals surface area (Å²) in [7, 11) is 0. The van der Waals surface area contributed by atoms with E-state index in [9.17, 15) is 35.7 Å². The van der Waals surface area contributed by atoms with Crippen LogP contribution in [0.15, 0.2) is 0 Å². The lowest BCUT2D eigenvalue weighted by atomic mass is 9.97. The van der Waals surface area contributed by atoms with Crippen LogP contribution in [-0.4, -0.2) is 115 Å². The van der Waals surface area contributed by atoms with Crippen LogP contribution in [0, 0.1) is 0 Å². The second-order valence-corrected chi connectivity index (χ2v) is 5.53. The van der Waals surface area contributed by atoms with Crippen molar-refractivity contribution >= 4 is 0 Å². The first-order valence-electron chi connectivity index (χ1n) is 7.08. The Labute approximate surface area is 130 Å². The third kappa shape index (κ3) is 3.65. The Morgan fingerprint density at radius 2 is 1.26 bits per heavy atom. The summed E-state index contributed by atoms with van der Waals surface area (Å²) in [4.78, 5) is 0. The first-order chi connectivity index (χ1) is 10.8. The highest BCUT2D eigenvalue weighted by atomic mass is 16.7. The molecule has 11 nitrogen and oxygen atoms in total. The summed E-state index contributed by atoms with van der Waals surface area (Å²) in [5, 5.41) is 76.5. The van der Waals surface area contributed by atoms with E-state index in [0.29, 0.717) is 0 Å². The molecule has 0 aromatic rings. The molecule has 2 rings (SSSR count). The molecule has 8 unspecified atom stereocenters. The summed E-state index contributed by atoms with van der Waals surface area (Å²) in [6.45, 7) is -1.35. The van der Waals surface area contributed by atoms with Crippen LogP contribution in [0.4, 0.5) is 0 Å². The Morgan fingerprint density at radius 3 is 1.83 bits per heavy atom. The van der Waals surface area contributed by atoms with E-state index >= 15 is 0 Å². The van der Waals surface area contributed by atoms with Gasteiger partial charge in [0.05, 0.1) is 13.2 Å². The molecule has 0 aromatic carbocycles. The highest BCUT2D eigenvalue weighted by Gasteiger charge is 2.50. The van der Waals surface area contributed by atoms with Gasteiger partial charge < -0.3 is 55.1 Å². The van der Waals surface area contributed by atoms with Gasteiger partial charge in [-0.3, -0.25) is 0 Å². The monoisotopic (exact) mass is 342 g/mol. The Bertz CT molecular complexity index is 378. The van der Waals surface area contributed by atoms with Gasteiger partial charge in [0.15, 0.2) is 12.6 Å². The Hall–Kier alpha value is -0.440. The first-order valence-corrected chi connectivity index (χ1v) is 7.08. The van der Waals surface area contributed by atoms with Gasteiger partial charge in [-0.15, -0.1) is 0 Å². The van der Waals surface area contributed by atoms with E-state index in [2.05, 4.69) is 0 Å². The minimum Gasteiger partial charge on any atom is -0.394 e. The summed E-state index contributed by atoms with van der Waals surface area (Å²) in [6.07, 6.45) is -15.6. The van der Waals surface area contributed by atoms with Gasteiger partial charge in [0.25, 0.3) is 0 Å². The molecule has 2 heterocycles. The molecule has 2 aliphatic heterocycles. The number of aliphatic hydroxyl groups excluding tert-OH is 8. The van der Waals surface area contributed by atoms with Crippen molar-refractivity contribution in [1.29, 1.82) is 0 Å². The van der Waals surface area contributed by atoms with Gasteiger partial charge in [0, 0.05) is 0 Å². The van der Waals surface area contributed by atoms with Crippen molar-refractivity contribution < 1.29 is 55.1 Å². The fourth-order valence-electron chi connectivity index (χ4n) is 2.57. The molecule has 0 amide bonds. The predicted octanol–water partition coefficient (Wildman–Crippen LogP) is -5.40. The molecule has 136 valence electrons. The maximum absolute atomic E-state index is 9.94. The van der Waals surface area contributed by atoms with E-state index in [4.69, 9.17) is 19.3 Å². The van der Waals surface area contributed by atoms with Crippen molar-refractivity contribution in [3.63, 3.8) is 0 Å². The van der Waals surface area contributed by atoms with E-state index in [1.165, 1.54) is 0 Å². The van der Waals surface area contributed by atoms with Crippen LogP contribution < -0.4 is 0 Å². The molecule has 0 aliphatic carbocycles. The molecule has 0 aromatic heterocycles. The van der Waals surface area contributed by atoms with E-state index in [0.717, 1.165) is 0 Å². The quantitative estimate of drug-likeness (QED) is 0.243. The van der Waals surface area contributed by atoms with Gasteiger partial charge in [-0.05, 0) is 0 Å². The zero-order valence-electron chi connectivity index (χ0n) is 12.0. The number of rotatable bonds is 4. The molecular formula is C12H22O11. The van der Waals surface area contributed by atoms with Crippen LogP contribution in [0.25, 0.3) is 0 Å². The lowest BCUT2D eigenvalue weighted by Gasteiger charge is -2.45. The minimum absolute atomic E-state index is 0.667. The summed E-state index contributed by atoms with van der Waals surface area (Å²) >= 11 is 0. The van der Waals surface area contributed by atoms with Gasteiger partial charge in [0.2, 0.25) is 0 Å². The predicted molar refractivity (Wildman–Crippen MR) is 68.6 cm³/mol. The van der Waals surface area contributed by atoms with Crippen molar-refractivity contribution in [3.8, 4) is 0 Å². The molecule has 2 fully saturated rings. The largest absolute Gasteiger partial charge is 0.394 e. The molecule has 10 atom stereocenters. The lowest BCUT2D eigenvalue weighted by Crippen LogP contribution is -2.64. The third-order valence-corrected chi connectivity index (χ3v) is 3.98. The van der Waals surface area contributed by atoms with Gasteiger partial charge in [-0.2, -0.15) is 0 Å². The third-order valence-electron chi connectivity index (χ3n) is 3.98. The van der Waals surface area contributed by atoms with Crippen molar-refractivity contribution in [2.75, 3.05) is 13.2 Å². The van der Waals surface area contributed by atoms with E-state index in [-0.39, 0.29) is 0 Å². The van der Waals surface area contributed by atoms with Crippen LogP contribution >= 0.6 is 0 Å². The van der Waals surface area contributed by atoms with Crippen LogP contribution in [0.1, 0.15) is 0 Å². The molecule has 2 saturated heterocycles. The van der Waals surface area contributed by atoms with Crippen LogP contribution in [-0.2, 0) is 14.2 Å². The maximum Gasteiger partial charge on any atom is 0.187 e. The van der Waals surface area contributed by atoms with Crippen molar-refractivity contribution in [2.45, 2.75) is 61.4 Å². The number of aliphatic hydroxyl groups is 8. The van der Waals surface area contributed by atoms with Crippen molar-refractivity contribution in [1.82, 2.24) is 0 Å². The molecule has 8 N–H and O–H groups in total. The van der Waals surface area contributed by atoms with Crippen LogP contribution in [0.2, 0.25) is 0 Å². The molecule has 23 heavy (non-hydrogen) atoms. The summed E-state index contributed by atoms with van der Waals surface area (Å²) < 4.78 is 15.3. The summed E-state index contributed by atoms with van der Waals surface area (Å²) in [5.74, 6) is 0. The number of ether oxygens (including phenoxy) is 3. The molecule has 0 spiro atoms. The molecule has 11 heteroatoms. The number of hydrogen-bond donors (Lipinski definition) is 8. The molecule has 0 saturated carbocycles. The normalized spacial score (nSPS) is 51.7. The Balaban J connectivity index is 2.11. The fourth-order valence-corrected chi connectivity index (χ4v) is 2.57. The SMILES string of the molecule is OCC1OC(OC2C(O)C(O)[C@H](O)O[C@H]2CO)C(O)C(O)C1O. The maximum atomic E-state index is 9.94. The molecular weight excluding hydrogens is 320 g/mol. The van der Waals surface area contributed by atoms with Gasteiger partial charge >= 0.3 is 0 Å². The van der Waals surface area contributed by atoms with E-state index < -0.39 is 74.6 Å². The second-order valence-electron chi connectivity index (χ2n) is 5.53. The van der Waals surface area contributed by atoms with Crippen LogP contribution in [0.3, 0.4) is 0 Å². The standard InChI is InChI=1S/C12H22O11/c13-1-3-5(15)6(16)9(19)12(22-3)23-10-4(2-14)21-11(20)8(18)7(10)17/h3-20H,1-2H2/t3?,4-,5?,6?,7?,8?,9?,10?,11+,12?/m0/s1. The van der Waals surface area contributed by atoms with Gasteiger partial charge in [-0.1, -0.05) is 0 Å². The topological polar surface area (TPSA) is 190 Å². The highest BCUT2D eigenvalue weighted by molar-refractivity contribution is 4.93. The second kappa shape index (κ2) is 7.63. The van der Waals surface area contributed by atoms with Gasteiger partial charge in [0.1, 0.15) is 48.8 Å². The zero-order chi connectivity index (χ0) is 17.3. The van der Waals surface area contributed by atoms with Crippen LogP contribution in [0.5, 0.6) is 0 Å². The lowest BCUT2D eigenvalue weighted by molar-refractivity contribution is -0.355. The fraction of sp³-hybridized carbons (Fsp3) is 1.00. The average Bonchev–Trinajstić information content (AvgIpc) is 2.55. The summed E-state index contributed by atoms with van der Waals surface area (Å²) in [6, 6.07) is 0. The Morgan fingerprint density at radius 1 is 0.652 bits per heavy atom. The van der Waals surface area contributed by atoms with Crippen molar-refractivity contribution in [3.05, 3.63) is 0 Å². The molecule has 0 bridgehead atoms. The Kier molecular flexibility index (Phi) is 6.27. The zero-order valence-corrected chi connectivity index (χ0v) is 12.0. The minimum atomic E-state index is -1.74. The smallest absolute Gasteiger partial charge is 0.187 e. The van der Waals surface area contributed by atoms with Gasteiger partial charge in [-0.25, -0.2) is 0 Å². The highest BCUT2D eigenvalue weighted by Crippen LogP contribution is 2.28. The first kappa shape index (κ1) is 18.9. The molecule has 2 aliphatic rings. The average molecular weight is 342 g/mol. The number of hydrogen-bond acceptors (Lipinski definition) is 11. The van der Waals surface area contributed by atoms with E-state index in [1.807, 2.05) is 0 Å². The van der Waals surface area contributed by atoms with E-state index in [1.54, 1.807) is 0 Å². The summed E-state index contributed by atoms with van der Waals surface area (Å²) in [5.41, 5.74) is 0. The molecule has 0 radical (unpaired) electrons. The van der Waals surface area contributed by atoms with Crippen molar-refractivity contribution in [2.24, 2.45) is 0 Å².